The lowest BCUT2D eigenvalue weighted by atomic mass is 9.98. The van der Waals surface area contributed by atoms with E-state index in [4.69, 9.17) is 0 Å². The fourth-order valence-corrected chi connectivity index (χ4v) is 2.59. The number of aromatic nitrogens is 3. The van der Waals surface area contributed by atoms with Gasteiger partial charge in [-0.05, 0) is 36.2 Å². The summed E-state index contributed by atoms with van der Waals surface area (Å²) in [5, 5.41) is 3.54. The van der Waals surface area contributed by atoms with Crippen molar-refractivity contribution in [2.24, 2.45) is 0 Å². The fourth-order valence-electron chi connectivity index (χ4n) is 2.59. The van der Waals surface area contributed by atoms with E-state index in [1.165, 1.54) is 11.1 Å². The van der Waals surface area contributed by atoms with Gasteiger partial charge in [0.25, 0.3) is 0 Å². The second-order valence-corrected chi connectivity index (χ2v) is 4.95. The Morgan fingerprint density at radius 1 is 1.05 bits per heavy atom. The van der Waals surface area contributed by atoms with Crippen molar-refractivity contribution in [1.29, 1.82) is 0 Å². The smallest absolute Gasteiger partial charge is 0.0934 e. The van der Waals surface area contributed by atoms with Crippen LogP contribution < -0.4 is 5.32 Å². The zero-order chi connectivity index (χ0) is 14.5. The molecule has 0 saturated heterocycles. The minimum absolute atomic E-state index is 0.208. The van der Waals surface area contributed by atoms with Crippen molar-refractivity contribution >= 4 is 11.0 Å². The number of likely N-dealkylation sites (N-methyl/N-ethyl adjacent to an activating group) is 1. The quantitative estimate of drug-likeness (QED) is 0.779. The van der Waals surface area contributed by atoms with Crippen molar-refractivity contribution in [3.63, 3.8) is 0 Å². The molecule has 0 aliphatic carbocycles. The molecule has 1 atom stereocenters. The Labute approximate surface area is 124 Å². The first-order valence-corrected chi connectivity index (χ1v) is 7.20. The van der Waals surface area contributed by atoms with E-state index in [9.17, 15) is 0 Å². The summed E-state index contributed by atoms with van der Waals surface area (Å²) in [6.07, 6.45) is 8.09. The Bertz CT molecular complexity index is 707. The Hall–Kier alpha value is -2.33. The van der Waals surface area contributed by atoms with Crippen LogP contribution in [0.3, 0.4) is 0 Å². The lowest BCUT2D eigenvalue weighted by Crippen LogP contribution is -2.23. The third-order valence-corrected chi connectivity index (χ3v) is 3.52. The molecule has 1 unspecified atom stereocenters. The number of nitrogens with one attached hydrogen (secondary N) is 1. The SMILES string of the molecule is CCNC(Cc1cccnc1)c1cccc2nccnc12. The monoisotopic (exact) mass is 278 g/mol. The molecular weight excluding hydrogens is 260 g/mol. The molecule has 3 aromatic rings. The number of para-hydroxylation sites is 1. The number of benzene rings is 1. The van der Waals surface area contributed by atoms with Crippen molar-refractivity contribution in [1.82, 2.24) is 20.3 Å². The van der Waals surface area contributed by atoms with Gasteiger partial charge < -0.3 is 5.32 Å². The van der Waals surface area contributed by atoms with Gasteiger partial charge in [0.2, 0.25) is 0 Å². The first kappa shape index (κ1) is 13.6. The molecule has 4 nitrogen and oxygen atoms in total. The topological polar surface area (TPSA) is 50.7 Å². The van der Waals surface area contributed by atoms with E-state index in [1.54, 1.807) is 18.6 Å². The maximum absolute atomic E-state index is 4.51. The van der Waals surface area contributed by atoms with Gasteiger partial charge in [-0.1, -0.05) is 25.1 Å². The van der Waals surface area contributed by atoms with Crippen LogP contribution in [0.15, 0.2) is 55.1 Å². The molecular formula is C17H18N4. The number of fused-ring (bicyclic) bond motifs is 1. The van der Waals surface area contributed by atoms with Gasteiger partial charge >= 0.3 is 0 Å². The van der Waals surface area contributed by atoms with Crippen molar-refractivity contribution in [3.05, 3.63) is 66.2 Å². The lowest BCUT2D eigenvalue weighted by Gasteiger charge is -2.19. The molecule has 0 aliphatic heterocycles. The van der Waals surface area contributed by atoms with Crippen LogP contribution in [0.1, 0.15) is 24.1 Å². The molecule has 3 rings (SSSR count). The average Bonchev–Trinajstić information content (AvgIpc) is 2.55. The van der Waals surface area contributed by atoms with Crippen LogP contribution in [0.25, 0.3) is 11.0 Å². The molecule has 4 heteroatoms. The van der Waals surface area contributed by atoms with Gasteiger partial charge in [0, 0.05) is 30.8 Å². The first-order chi connectivity index (χ1) is 10.4. The highest BCUT2D eigenvalue weighted by molar-refractivity contribution is 5.78. The minimum atomic E-state index is 0.208. The molecule has 0 saturated carbocycles. The van der Waals surface area contributed by atoms with Crippen LogP contribution in [0.5, 0.6) is 0 Å². The number of hydrogen-bond acceptors (Lipinski definition) is 4. The molecule has 2 aromatic heterocycles. The Balaban J connectivity index is 1.99. The van der Waals surface area contributed by atoms with Gasteiger partial charge in [0.05, 0.1) is 11.0 Å². The van der Waals surface area contributed by atoms with E-state index >= 15 is 0 Å². The molecule has 0 radical (unpaired) electrons. The largest absolute Gasteiger partial charge is 0.310 e. The average molecular weight is 278 g/mol. The van der Waals surface area contributed by atoms with Crippen LogP contribution in [-0.4, -0.2) is 21.5 Å². The second-order valence-electron chi connectivity index (χ2n) is 4.95. The number of rotatable bonds is 5. The molecule has 0 amide bonds. The van der Waals surface area contributed by atoms with Crippen LogP contribution in [-0.2, 0) is 6.42 Å². The summed E-state index contributed by atoms with van der Waals surface area (Å²) in [5.41, 5.74) is 4.30. The Morgan fingerprint density at radius 3 is 2.76 bits per heavy atom. The van der Waals surface area contributed by atoms with E-state index in [-0.39, 0.29) is 6.04 Å². The lowest BCUT2D eigenvalue weighted by molar-refractivity contribution is 0.552. The molecule has 1 N–H and O–H groups in total. The highest BCUT2D eigenvalue weighted by atomic mass is 14.9. The van der Waals surface area contributed by atoms with E-state index in [1.807, 2.05) is 24.4 Å². The summed E-state index contributed by atoms with van der Waals surface area (Å²) in [4.78, 5) is 13.1. The first-order valence-electron chi connectivity index (χ1n) is 7.20. The molecule has 2 heterocycles. The number of nitrogens with zero attached hydrogens (tertiary/aromatic N) is 3. The predicted molar refractivity (Wildman–Crippen MR) is 83.9 cm³/mol. The Kier molecular flexibility index (Phi) is 4.17. The predicted octanol–water partition coefficient (Wildman–Crippen LogP) is 2.92. The van der Waals surface area contributed by atoms with Crippen molar-refractivity contribution in [2.75, 3.05) is 6.54 Å². The molecule has 0 bridgehead atoms. The summed E-state index contributed by atoms with van der Waals surface area (Å²) in [6.45, 7) is 3.02. The molecule has 1 aromatic carbocycles. The van der Waals surface area contributed by atoms with Crippen LogP contribution in [0.2, 0.25) is 0 Å². The fraction of sp³-hybridized carbons (Fsp3) is 0.235. The highest BCUT2D eigenvalue weighted by Crippen LogP contribution is 2.24. The molecule has 21 heavy (non-hydrogen) atoms. The molecule has 0 spiro atoms. The van der Waals surface area contributed by atoms with Crippen molar-refractivity contribution in [2.45, 2.75) is 19.4 Å². The Morgan fingerprint density at radius 2 is 1.95 bits per heavy atom. The third-order valence-electron chi connectivity index (χ3n) is 3.52. The van der Waals surface area contributed by atoms with Gasteiger partial charge in [-0.3, -0.25) is 15.0 Å². The molecule has 0 fully saturated rings. The summed E-state index contributed by atoms with van der Waals surface area (Å²) < 4.78 is 0. The van der Waals surface area contributed by atoms with Crippen molar-refractivity contribution < 1.29 is 0 Å². The zero-order valence-corrected chi connectivity index (χ0v) is 12.0. The normalized spacial score (nSPS) is 12.4. The summed E-state index contributed by atoms with van der Waals surface area (Å²) in [6, 6.07) is 10.5. The van der Waals surface area contributed by atoms with Gasteiger partial charge in [-0.25, -0.2) is 0 Å². The van der Waals surface area contributed by atoms with Crippen LogP contribution in [0, 0.1) is 0 Å². The highest BCUT2D eigenvalue weighted by Gasteiger charge is 2.15. The maximum atomic E-state index is 4.51. The summed E-state index contributed by atoms with van der Waals surface area (Å²) in [7, 11) is 0. The van der Waals surface area contributed by atoms with Gasteiger partial charge in [0.1, 0.15) is 0 Å². The van der Waals surface area contributed by atoms with Crippen LogP contribution >= 0.6 is 0 Å². The van der Waals surface area contributed by atoms with E-state index in [0.717, 1.165) is 24.0 Å². The van der Waals surface area contributed by atoms with E-state index in [0.29, 0.717) is 0 Å². The standard InChI is InChI=1S/C17H18N4/c1-2-19-16(11-13-5-4-8-18-12-13)14-6-3-7-15-17(14)21-10-9-20-15/h3-10,12,16,19H,2,11H2,1H3. The van der Waals surface area contributed by atoms with Gasteiger partial charge in [-0.2, -0.15) is 0 Å². The van der Waals surface area contributed by atoms with Crippen molar-refractivity contribution in [3.8, 4) is 0 Å². The van der Waals surface area contributed by atoms with E-state index in [2.05, 4.69) is 39.3 Å². The minimum Gasteiger partial charge on any atom is -0.310 e. The maximum Gasteiger partial charge on any atom is 0.0934 e. The third kappa shape index (κ3) is 3.06. The molecule has 106 valence electrons. The summed E-state index contributed by atoms with van der Waals surface area (Å²) in [5.74, 6) is 0. The van der Waals surface area contributed by atoms with Gasteiger partial charge in [-0.15, -0.1) is 0 Å². The van der Waals surface area contributed by atoms with E-state index < -0.39 is 0 Å². The zero-order valence-electron chi connectivity index (χ0n) is 12.0. The second kappa shape index (κ2) is 6.41. The summed E-state index contributed by atoms with van der Waals surface area (Å²) >= 11 is 0. The van der Waals surface area contributed by atoms with Gasteiger partial charge in [0.15, 0.2) is 0 Å². The molecule has 0 aliphatic rings. The van der Waals surface area contributed by atoms with Crippen LogP contribution in [0.4, 0.5) is 0 Å². The number of pyridine rings is 1. The number of hydrogen-bond donors (Lipinski definition) is 1.